The Labute approximate surface area is 335 Å². The van der Waals surface area contributed by atoms with Gasteiger partial charge in [0.05, 0.1) is 16.7 Å². The average molecular weight is 741 g/mol. The lowest BCUT2D eigenvalue weighted by Gasteiger charge is -2.22. The first kappa shape index (κ1) is 32.8. The van der Waals surface area contributed by atoms with Gasteiger partial charge in [0.1, 0.15) is 0 Å². The Morgan fingerprint density at radius 1 is 0.362 bits per heavy atom. The van der Waals surface area contributed by atoms with E-state index in [1.165, 1.54) is 65.6 Å². The lowest BCUT2D eigenvalue weighted by atomic mass is 9.82. The first-order valence-corrected chi connectivity index (χ1v) is 20.0. The summed E-state index contributed by atoms with van der Waals surface area (Å²) < 4.78 is 2.51. The third-order valence-electron chi connectivity index (χ3n) is 12.4. The van der Waals surface area contributed by atoms with Crippen LogP contribution in [0.1, 0.15) is 25.0 Å². The second-order valence-electron chi connectivity index (χ2n) is 15.9. The van der Waals surface area contributed by atoms with Crippen LogP contribution in [0, 0.1) is 0 Å². The Morgan fingerprint density at radius 2 is 0.897 bits per heavy atom. The van der Waals surface area contributed by atoms with Crippen LogP contribution in [0.25, 0.3) is 105 Å². The Kier molecular flexibility index (Phi) is 6.94. The van der Waals surface area contributed by atoms with Gasteiger partial charge in [-0.2, -0.15) is 0 Å². The van der Waals surface area contributed by atoms with Gasteiger partial charge in [-0.3, -0.25) is 0 Å². The second kappa shape index (κ2) is 12.3. The van der Waals surface area contributed by atoms with E-state index in [0.29, 0.717) is 17.5 Å². The molecule has 0 unspecified atom stereocenters. The molecule has 2 heterocycles. The van der Waals surface area contributed by atoms with Crippen LogP contribution in [0.2, 0.25) is 0 Å². The van der Waals surface area contributed by atoms with E-state index in [0.717, 1.165) is 33.2 Å². The molecule has 0 bridgehead atoms. The van der Waals surface area contributed by atoms with Crippen LogP contribution in [-0.2, 0) is 5.41 Å². The van der Waals surface area contributed by atoms with Crippen molar-refractivity contribution in [3.05, 3.63) is 193 Å². The molecule has 0 atom stereocenters. The summed E-state index contributed by atoms with van der Waals surface area (Å²) in [6.45, 7) is 4.73. The Balaban J connectivity index is 1.23. The van der Waals surface area contributed by atoms with E-state index >= 15 is 0 Å². The van der Waals surface area contributed by atoms with Crippen molar-refractivity contribution in [2.75, 3.05) is 0 Å². The van der Waals surface area contributed by atoms with Crippen molar-refractivity contribution in [1.29, 1.82) is 0 Å². The highest BCUT2D eigenvalue weighted by molar-refractivity contribution is 6.30. The lowest BCUT2D eigenvalue weighted by Crippen LogP contribution is -2.15. The van der Waals surface area contributed by atoms with Crippen LogP contribution in [-0.4, -0.2) is 19.5 Å². The average Bonchev–Trinajstić information content (AvgIpc) is 3.73. The number of benzene rings is 9. The molecule has 4 nitrogen and oxygen atoms in total. The third kappa shape index (κ3) is 4.66. The SMILES string of the molecule is CC1(C)c2ccccc2-c2cc3c4ccccc4n(-c4cccc5c6ccccc6c6cccc(-c7nc(-c8ccccc8)nc(-c8ccccc8)n7)c6c45)c3cc21. The number of fused-ring (bicyclic) bond motifs is 12. The highest BCUT2D eigenvalue weighted by Crippen LogP contribution is 2.52. The van der Waals surface area contributed by atoms with Crippen molar-refractivity contribution in [3.63, 3.8) is 0 Å². The third-order valence-corrected chi connectivity index (χ3v) is 12.4. The van der Waals surface area contributed by atoms with Crippen LogP contribution in [0.3, 0.4) is 0 Å². The summed E-state index contributed by atoms with van der Waals surface area (Å²) in [5.74, 6) is 1.93. The highest BCUT2D eigenvalue weighted by atomic mass is 15.0. The maximum absolute atomic E-state index is 5.27. The minimum absolute atomic E-state index is 0.137. The van der Waals surface area contributed by atoms with E-state index in [9.17, 15) is 0 Å². The molecule has 9 aromatic carbocycles. The summed E-state index contributed by atoms with van der Waals surface area (Å²) in [6, 6.07) is 65.3. The van der Waals surface area contributed by atoms with Crippen LogP contribution in [0.15, 0.2) is 182 Å². The van der Waals surface area contributed by atoms with Crippen molar-refractivity contribution < 1.29 is 0 Å². The molecule has 0 N–H and O–H groups in total. The predicted molar refractivity (Wildman–Crippen MR) is 241 cm³/mol. The molecule has 58 heavy (non-hydrogen) atoms. The van der Waals surface area contributed by atoms with Gasteiger partial charge in [-0.25, -0.2) is 15.0 Å². The van der Waals surface area contributed by atoms with Crippen molar-refractivity contribution in [2.24, 2.45) is 0 Å². The summed E-state index contributed by atoms with van der Waals surface area (Å²) in [6.07, 6.45) is 0. The van der Waals surface area contributed by atoms with Crippen LogP contribution in [0.4, 0.5) is 0 Å². The van der Waals surface area contributed by atoms with Gasteiger partial charge in [-0.05, 0) is 68.1 Å². The number of hydrogen-bond acceptors (Lipinski definition) is 3. The Morgan fingerprint density at radius 3 is 1.60 bits per heavy atom. The zero-order chi connectivity index (χ0) is 38.5. The molecule has 4 heteroatoms. The van der Waals surface area contributed by atoms with E-state index in [2.05, 4.69) is 164 Å². The maximum Gasteiger partial charge on any atom is 0.164 e. The van der Waals surface area contributed by atoms with Crippen molar-refractivity contribution >= 4 is 54.1 Å². The zero-order valence-corrected chi connectivity index (χ0v) is 32.1. The summed E-state index contributed by atoms with van der Waals surface area (Å²) in [7, 11) is 0. The van der Waals surface area contributed by atoms with Gasteiger partial charge >= 0.3 is 0 Å². The van der Waals surface area contributed by atoms with E-state index < -0.39 is 0 Å². The molecule has 0 saturated carbocycles. The molecule has 1 aliphatic carbocycles. The molecule has 0 radical (unpaired) electrons. The van der Waals surface area contributed by atoms with E-state index in [1.54, 1.807) is 0 Å². The fourth-order valence-electron chi connectivity index (χ4n) is 9.75. The molecule has 0 spiro atoms. The molecule has 1 aliphatic rings. The summed E-state index contributed by atoms with van der Waals surface area (Å²) >= 11 is 0. The van der Waals surface area contributed by atoms with Gasteiger partial charge in [0.2, 0.25) is 0 Å². The molecule has 2 aromatic heterocycles. The van der Waals surface area contributed by atoms with Gasteiger partial charge in [0, 0.05) is 43.7 Å². The van der Waals surface area contributed by atoms with E-state index in [-0.39, 0.29) is 5.41 Å². The van der Waals surface area contributed by atoms with E-state index in [1.807, 2.05) is 36.4 Å². The summed E-state index contributed by atoms with van der Waals surface area (Å²) in [5, 5.41) is 9.54. The van der Waals surface area contributed by atoms with Crippen molar-refractivity contribution in [1.82, 2.24) is 19.5 Å². The first-order chi connectivity index (χ1) is 28.5. The van der Waals surface area contributed by atoms with E-state index in [4.69, 9.17) is 15.0 Å². The monoisotopic (exact) mass is 740 g/mol. The number of para-hydroxylation sites is 1. The number of hydrogen-bond donors (Lipinski definition) is 0. The first-order valence-electron chi connectivity index (χ1n) is 20.0. The molecule has 11 aromatic rings. The molecule has 0 aliphatic heterocycles. The minimum atomic E-state index is -0.137. The van der Waals surface area contributed by atoms with Crippen LogP contribution >= 0.6 is 0 Å². The van der Waals surface area contributed by atoms with Gasteiger partial charge in [0.25, 0.3) is 0 Å². The summed E-state index contributed by atoms with van der Waals surface area (Å²) in [5.41, 5.74) is 11.6. The molecule has 272 valence electrons. The molecule has 0 fully saturated rings. The Hall–Kier alpha value is -7.43. The normalized spacial score (nSPS) is 13.1. The van der Waals surface area contributed by atoms with Crippen molar-refractivity contribution in [2.45, 2.75) is 19.3 Å². The highest BCUT2D eigenvalue weighted by Gasteiger charge is 2.36. The van der Waals surface area contributed by atoms with Crippen LogP contribution in [0.5, 0.6) is 0 Å². The minimum Gasteiger partial charge on any atom is -0.309 e. The number of aromatic nitrogens is 4. The molecule has 0 saturated heterocycles. The van der Waals surface area contributed by atoms with Gasteiger partial charge < -0.3 is 4.57 Å². The molecular weight excluding hydrogens is 705 g/mol. The Bertz CT molecular complexity index is 3410. The van der Waals surface area contributed by atoms with Crippen molar-refractivity contribution in [3.8, 4) is 51.0 Å². The summed E-state index contributed by atoms with van der Waals surface area (Å²) in [4.78, 5) is 15.6. The standard InChI is InChI=1S/C54H36N4/c1-54(2)44-28-13-11-23-37(44)42-31-43-38-24-12-14-29-46(38)58(48(43)32-45(42)54)47-30-16-26-40-36-22-10-9-21-35(36)39-25-15-27-41(49(39)50(40)47)53-56-51(33-17-5-3-6-18-33)55-52(57-53)34-19-7-4-8-20-34/h3-32H,1-2H3. The zero-order valence-electron chi connectivity index (χ0n) is 32.1. The quantitative estimate of drug-likeness (QED) is 0.169. The fourth-order valence-corrected chi connectivity index (χ4v) is 9.75. The molecule has 12 rings (SSSR count). The molecule has 0 amide bonds. The van der Waals surface area contributed by atoms with Gasteiger partial charge in [0.15, 0.2) is 17.5 Å². The fraction of sp³-hybridized carbons (Fsp3) is 0.0556. The topological polar surface area (TPSA) is 43.6 Å². The largest absolute Gasteiger partial charge is 0.309 e. The second-order valence-corrected chi connectivity index (χ2v) is 15.9. The smallest absolute Gasteiger partial charge is 0.164 e. The van der Waals surface area contributed by atoms with Crippen LogP contribution < -0.4 is 0 Å². The molecular formula is C54H36N4. The van der Waals surface area contributed by atoms with Gasteiger partial charge in [-0.15, -0.1) is 0 Å². The maximum atomic E-state index is 5.27. The lowest BCUT2D eigenvalue weighted by molar-refractivity contribution is 0.661. The van der Waals surface area contributed by atoms with Gasteiger partial charge in [-0.1, -0.05) is 172 Å². The predicted octanol–water partition coefficient (Wildman–Crippen LogP) is 13.7. The number of rotatable bonds is 4. The number of nitrogens with zero attached hydrogens (tertiary/aromatic N) is 4.